The molecule has 0 spiro atoms. The van der Waals surface area contributed by atoms with E-state index in [1.165, 1.54) is 24.8 Å². The summed E-state index contributed by atoms with van der Waals surface area (Å²) < 4.78 is 0. The third kappa shape index (κ3) is 6.82. The number of halogens is 1. The lowest BCUT2D eigenvalue weighted by Crippen LogP contribution is -2.21. The van der Waals surface area contributed by atoms with Crippen molar-refractivity contribution in [2.45, 2.75) is 31.7 Å². The van der Waals surface area contributed by atoms with E-state index >= 15 is 0 Å². The van der Waals surface area contributed by atoms with E-state index in [9.17, 15) is 0 Å². The first-order chi connectivity index (χ1) is 6.83. The average Bonchev–Trinajstić information content (AvgIpc) is 2.25. The molecular formula is C12H20ClNS. The van der Waals surface area contributed by atoms with Gasteiger partial charge in [-0.1, -0.05) is 36.8 Å². The molecule has 0 aliphatic rings. The summed E-state index contributed by atoms with van der Waals surface area (Å²) in [4.78, 5) is 0. The van der Waals surface area contributed by atoms with E-state index in [2.05, 4.69) is 43.0 Å². The van der Waals surface area contributed by atoms with Crippen LogP contribution < -0.4 is 5.73 Å². The summed E-state index contributed by atoms with van der Waals surface area (Å²) in [5, 5.41) is 0. The van der Waals surface area contributed by atoms with Gasteiger partial charge in [-0.3, -0.25) is 0 Å². The molecule has 0 aliphatic carbocycles. The second-order valence-corrected chi connectivity index (χ2v) is 4.04. The molecule has 1 unspecified atom stereocenters. The lowest BCUT2D eigenvalue weighted by molar-refractivity contribution is 0.604. The second-order valence-electron chi connectivity index (χ2n) is 3.67. The average molecular weight is 246 g/mol. The molecule has 15 heavy (non-hydrogen) atoms. The molecule has 0 radical (unpaired) electrons. The summed E-state index contributed by atoms with van der Waals surface area (Å²) in [6.45, 7) is 0. The molecule has 0 fully saturated rings. The van der Waals surface area contributed by atoms with Gasteiger partial charge in [0.1, 0.15) is 0 Å². The molecule has 1 atom stereocenters. The van der Waals surface area contributed by atoms with E-state index in [-0.39, 0.29) is 18.4 Å². The maximum absolute atomic E-state index is 5.78. The third-order valence-corrected chi connectivity index (χ3v) is 2.84. The summed E-state index contributed by atoms with van der Waals surface area (Å²) >= 11 is 4.16. The first-order valence-corrected chi connectivity index (χ1v) is 5.86. The van der Waals surface area contributed by atoms with Crippen LogP contribution in [0.3, 0.4) is 0 Å². The number of unbranched alkanes of at least 4 members (excludes halogenated alkanes) is 1. The van der Waals surface area contributed by atoms with Crippen LogP contribution in [0.25, 0.3) is 0 Å². The molecule has 0 bridgehead atoms. The quantitative estimate of drug-likeness (QED) is 0.585. The molecule has 1 aromatic carbocycles. The van der Waals surface area contributed by atoms with Crippen molar-refractivity contribution in [2.75, 3.05) is 5.75 Å². The Kier molecular flexibility index (Phi) is 8.97. The molecule has 1 aromatic rings. The van der Waals surface area contributed by atoms with Gasteiger partial charge < -0.3 is 5.73 Å². The Morgan fingerprint density at radius 2 is 1.80 bits per heavy atom. The number of hydrogen-bond donors (Lipinski definition) is 2. The molecule has 0 saturated heterocycles. The zero-order valence-corrected chi connectivity index (χ0v) is 10.6. The molecule has 3 heteroatoms. The summed E-state index contributed by atoms with van der Waals surface area (Å²) in [5.74, 6) is 0.797. The Morgan fingerprint density at radius 3 is 2.40 bits per heavy atom. The van der Waals surface area contributed by atoms with E-state index < -0.39 is 0 Å². The van der Waals surface area contributed by atoms with Crippen molar-refractivity contribution in [3.8, 4) is 0 Å². The second kappa shape index (κ2) is 9.08. The van der Waals surface area contributed by atoms with Gasteiger partial charge in [-0.2, -0.15) is 12.6 Å². The van der Waals surface area contributed by atoms with Crippen LogP contribution in [0.15, 0.2) is 30.3 Å². The van der Waals surface area contributed by atoms with Gasteiger partial charge in [-0.15, -0.1) is 12.4 Å². The van der Waals surface area contributed by atoms with Crippen molar-refractivity contribution in [3.63, 3.8) is 0 Å². The van der Waals surface area contributed by atoms with Gasteiger partial charge in [0.05, 0.1) is 0 Å². The van der Waals surface area contributed by atoms with Crippen LogP contribution in [0.1, 0.15) is 24.8 Å². The van der Waals surface area contributed by atoms with E-state index in [4.69, 9.17) is 5.73 Å². The summed E-state index contributed by atoms with van der Waals surface area (Å²) in [5.41, 5.74) is 7.20. The maximum Gasteiger partial charge on any atom is 0.0127 e. The summed E-state index contributed by atoms with van der Waals surface area (Å²) in [6.07, 6.45) is 4.69. The lowest BCUT2D eigenvalue weighted by atomic mass is 10.1. The van der Waals surface area contributed by atoms with Crippen LogP contribution in [0.2, 0.25) is 0 Å². The first-order valence-electron chi connectivity index (χ1n) is 5.23. The predicted molar refractivity (Wildman–Crippen MR) is 73.1 cm³/mol. The standard InChI is InChI=1S/C12H19NS.ClH/c13-12(10-14)9-5-4-8-11-6-2-1-3-7-11;/h1-3,6-7,12,14H,4-5,8-10,13H2;1H. The van der Waals surface area contributed by atoms with E-state index in [0.717, 1.165) is 12.2 Å². The molecule has 0 heterocycles. The van der Waals surface area contributed by atoms with Crippen molar-refractivity contribution in [3.05, 3.63) is 35.9 Å². The Hall–Kier alpha value is -0.180. The van der Waals surface area contributed by atoms with Crippen LogP contribution in [0.5, 0.6) is 0 Å². The van der Waals surface area contributed by atoms with Crippen LogP contribution in [-0.4, -0.2) is 11.8 Å². The van der Waals surface area contributed by atoms with E-state index in [1.807, 2.05) is 0 Å². The Labute approximate surface area is 104 Å². The van der Waals surface area contributed by atoms with Crippen molar-refractivity contribution in [2.24, 2.45) is 5.73 Å². The Bertz CT molecular complexity index is 241. The largest absolute Gasteiger partial charge is 0.327 e. The minimum atomic E-state index is 0. The van der Waals surface area contributed by atoms with Crippen LogP contribution in [-0.2, 0) is 6.42 Å². The van der Waals surface area contributed by atoms with Crippen molar-refractivity contribution in [1.82, 2.24) is 0 Å². The maximum atomic E-state index is 5.78. The smallest absolute Gasteiger partial charge is 0.0127 e. The molecule has 1 nitrogen and oxygen atoms in total. The zero-order valence-electron chi connectivity index (χ0n) is 8.93. The van der Waals surface area contributed by atoms with Crippen LogP contribution >= 0.6 is 25.0 Å². The first kappa shape index (κ1) is 14.8. The molecule has 0 aliphatic heterocycles. The minimum absolute atomic E-state index is 0. The highest BCUT2D eigenvalue weighted by Gasteiger charge is 1.98. The summed E-state index contributed by atoms with van der Waals surface area (Å²) in [6, 6.07) is 10.9. The van der Waals surface area contributed by atoms with Gasteiger partial charge >= 0.3 is 0 Å². The van der Waals surface area contributed by atoms with Gasteiger partial charge in [0.25, 0.3) is 0 Å². The molecule has 0 saturated carbocycles. The van der Waals surface area contributed by atoms with Crippen molar-refractivity contribution in [1.29, 1.82) is 0 Å². The molecule has 0 aromatic heterocycles. The van der Waals surface area contributed by atoms with Gasteiger partial charge in [0, 0.05) is 11.8 Å². The molecular weight excluding hydrogens is 226 g/mol. The van der Waals surface area contributed by atoms with Crippen molar-refractivity contribution >= 4 is 25.0 Å². The van der Waals surface area contributed by atoms with Gasteiger partial charge in [0.15, 0.2) is 0 Å². The van der Waals surface area contributed by atoms with Gasteiger partial charge in [-0.25, -0.2) is 0 Å². The Balaban J connectivity index is 0.00000196. The fourth-order valence-corrected chi connectivity index (χ4v) is 1.65. The van der Waals surface area contributed by atoms with Gasteiger partial charge in [-0.05, 0) is 24.8 Å². The number of aryl methyl sites for hydroxylation is 1. The highest BCUT2D eigenvalue weighted by molar-refractivity contribution is 7.80. The van der Waals surface area contributed by atoms with Crippen LogP contribution in [0.4, 0.5) is 0 Å². The van der Waals surface area contributed by atoms with Crippen molar-refractivity contribution < 1.29 is 0 Å². The highest BCUT2D eigenvalue weighted by atomic mass is 35.5. The number of thiol groups is 1. The topological polar surface area (TPSA) is 26.0 Å². The molecule has 2 N–H and O–H groups in total. The predicted octanol–water partition coefficient (Wildman–Crippen LogP) is 3.08. The fourth-order valence-electron chi connectivity index (χ4n) is 1.47. The monoisotopic (exact) mass is 245 g/mol. The van der Waals surface area contributed by atoms with E-state index in [0.29, 0.717) is 0 Å². The normalized spacial score (nSPS) is 11.9. The zero-order chi connectivity index (χ0) is 10.2. The number of rotatable bonds is 6. The number of nitrogens with two attached hydrogens (primary N) is 1. The molecule has 1 rings (SSSR count). The Morgan fingerprint density at radius 1 is 1.13 bits per heavy atom. The lowest BCUT2D eigenvalue weighted by Gasteiger charge is -2.07. The third-order valence-electron chi connectivity index (χ3n) is 2.37. The van der Waals surface area contributed by atoms with Gasteiger partial charge in [0.2, 0.25) is 0 Å². The number of benzene rings is 1. The number of hydrogen-bond acceptors (Lipinski definition) is 2. The molecule has 0 amide bonds. The fraction of sp³-hybridized carbons (Fsp3) is 0.500. The minimum Gasteiger partial charge on any atom is -0.327 e. The van der Waals surface area contributed by atoms with Crippen LogP contribution in [0, 0.1) is 0 Å². The van der Waals surface area contributed by atoms with E-state index in [1.54, 1.807) is 0 Å². The summed E-state index contributed by atoms with van der Waals surface area (Å²) in [7, 11) is 0. The molecule has 86 valence electrons. The SMILES string of the molecule is Cl.NC(CS)CCCCc1ccccc1. The highest BCUT2D eigenvalue weighted by Crippen LogP contribution is 2.07.